The summed E-state index contributed by atoms with van der Waals surface area (Å²) in [7, 11) is 1.46. The Hall–Kier alpha value is -1.62. The van der Waals surface area contributed by atoms with Crippen LogP contribution >= 0.6 is 0 Å². The van der Waals surface area contributed by atoms with E-state index in [1.54, 1.807) is 0 Å². The molecule has 1 aliphatic rings. The van der Waals surface area contributed by atoms with Gasteiger partial charge in [-0.2, -0.15) is 0 Å². The van der Waals surface area contributed by atoms with E-state index in [9.17, 15) is 5.11 Å². The predicted octanol–water partition coefficient (Wildman–Crippen LogP) is 2.04. The number of furan rings is 1. The Morgan fingerprint density at radius 1 is 1.39 bits per heavy atom. The van der Waals surface area contributed by atoms with Gasteiger partial charge in [0, 0.05) is 18.1 Å². The minimum absolute atomic E-state index is 0.289. The second-order valence-electron chi connectivity index (χ2n) is 4.46. The van der Waals surface area contributed by atoms with E-state index < -0.39 is 12.3 Å². The Morgan fingerprint density at radius 3 is 2.94 bits per heavy atom. The molecule has 1 aromatic heterocycles. The summed E-state index contributed by atoms with van der Waals surface area (Å²) in [6.45, 7) is 0. The predicted molar refractivity (Wildman–Crippen MR) is 68.7 cm³/mol. The van der Waals surface area contributed by atoms with Crippen LogP contribution in [-0.4, -0.2) is 18.5 Å². The van der Waals surface area contributed by atoms with Crippen LogP contribution in [0, 0.1) is 5.92 Å². The lowest BCUT2D eigenvalue weighted by Gasteiger charge is -2.26. The maximum atomic E-state index is 9.76. The van der Waals surface area contributed by atoms with Gasteiger partial charge in [-0.1, -0.05) is 30.4 Å². The molecule has 0 amide bonds. The summed E-state index contributed by atoms with van der Waals surface area (Å²) in [5, 5.41) is 10.8. The fraction of sp³-hybridized carbons (Fsp3) is 0.286. The average molecular weight is 245 g/mol. The van der Waals surface area contributed by atoms with E-state index in [2.05, 4.69) is 0 Å². The number of nitrogens with two attached hydrogens (primary N) is 1. The van der Waals surface area contributed by atoms with E-state index in [0.717, 1.165) is 16.5 Å². The van der Waals surface area contributed by atoms with Crippen LogP contribution in [0.2, 0.25) is 0 Å². The molecule has 1 aromatic carbocycles. The largest absolute Gasteiger partial charge is 0.459 e. The quantitative estimate of drug-likeness (QED) is 0.794. The van der Waals surface area contributed by atoms with Gasteiger partial charge in [-0.3, -0.25) is 0 Å². The maximum absolute atomic E-state index is 9.76. The number of para-hydroxylation sites is 1. The smallest absolute Gasteiger partial charge is 0.162 e. The monoisotopic (exact) mass is 245 g/mol. The van der Waals surface area contributed by atoms with Crippen molar-refractivity contribution in [3.05, 3.63) is 41.7 Å². The third-order valence-electron chi connectivity index (χ3n) is 3.44. The Morgan fingerprint density at radius 2 is 2.17 bits per heavy atom. The van der Waals surface area contributed by atoms with Crippen molar-refractivity contribution in [2.75, 3.05) is 7.11 Å². The minimum atomic E-state index is -0.919. The van der Waals surface area contributed by atoms with Gasteiger partial charge in [0.15, 0.2) is 6.29 Å². The zero-order valence-electron chi connectivity index (χ0n) is 10.0. The van der Waals surface area contributed by atoms with Crippen molar-refractivity contribution in [2.45, 2.75) is 12.3 Å². The summed E-state index contributed by atoms with van der Waals surface area (Å²) in [4.78, 5) is 0. The molecule has 0 radical (unpaired) electrons. The van der Waals surface area contributed by atoms with E-state index in [0.29, 0.717) is 5.76 Å². The van der Waals surface area contributed by atoms with E-state index in [1.165, 1.54) is 7.11 Å². The highest BCUT2D eigenvalue weighted by Gasteiger charge is 2.32. The number of hydrogen-bond donors (Lipinski definition) is 2. The van der Waals surface area contributed by atoms with Crippen molar-refractivity contribution < 1.29 is 14.3 Å². The molecule has 1 aliphatic carbocycles. The van der Waals surface area contributed by atoms with Crippen molar-refractivity contribution >= 4 is 17.0 Å². The zero-order valence-corrected chi connectivity index (χ0v) is 10.0. The molecule has 4 heteroatoms. The minimum Gasteiger partial charge on any atom is -0.459 e. The topological polar surface area (TPSA) is 68.6 Å². The Kier molecular flexibility index (Phi) is 2.70. The molecule has 3 N–H and O–H groups in total. The van der Waals surface area contributed by atoms with Gasteiger partial charge >= 0.3 is 0 Å². The highest BCUT2D eigenvalue weighted by atomic mass is 16.6. The maximum Gasteiger partial charge on any atom is 0.162 e. The van der Waals surface area contributed by atoms with Crippen molar-refractivity contribution in [3.63, 3.8) is 0 Å². The Labute approximate surface area is 105 Å². The number of ether oxygens (including phenoxy) is 1. The molecule has 94 valence electrons. The molecule has 18 heavy (non-hydrogen) atoms. The van der Waals surface area contributed by atoms with Crippen LogP contribution < -0.4 is 5.73 Å². The number of benzene rings is 1. The van der Waals surface area contributed by atoms with Crippen LogP contribution in [0.4, 0.5) is 0 Å². The van der Waals surface area contributed by atoms with Crippen molar-refractivity contribution in [2.24, 2.45) is 11.7 Å². The molecular formula is C14H15NO3. The third kappa shape index (κ3) is 1.58. The molecule has 0 saturated heterocycles. The van der Waals surface area contributed by atoms with Crippen LogP contribution in [0.1, 0.15) is 17.4 Å². The Balaban J connectivity index is 2.11. The number of methoxy groups -OCH3 is 1. The normalized spacial score (nSPS) is 24.2. The molecule has 0 spiro atoms. The summed E-state index contributed by atoms with van der Waals surface area (Å²) in [6.07, 6.45) is 2.90. The zero-order chi connectivity index (χ0) is 12.7. The fourth-order valence-corrected chi connectivity index (χ4v) is 2.44. The summed E-state index contributed by atoms with van der Waals surface area (Å²) in [6, 6.07) is 7.41. The molecule has 3 rings (SSSR count). The van der Waals surface area contributed by atoms with Crippen LogP contribution in [0.25, 0.3) is 17.0 Å². The standard InChI is InChI=1S/C14H15NO3/c1-17-14(16)10-7-6-9-8-4-2-3-5-11(8)18-13(9)12(10)15/h2-7,10,12,14,16H,15H2,1H3. The summed E-state index contributed by atoms with van der Waals surface area (Å²) in [5.74, 6) is 0.419. The van der Waals surface area contributed by atoms with Crippen molar-refractivity contribution in [1.29, 1.82) is 0 Å². The second kappa shape index (κ2) is 4.24. The van der Waals surface area contributed by atoms with E-state index in [1.807, 2.05) is 36.4 Å². The van der Waals surface area contributed by atoms with Crippen LogP contribution in [0.15, 0.2) is 34.8 Å². The summed E-state index contributed by atoms with van der Waals surface area (Å²) < 4.78 is 10.7. The van der Waals surface area contributed by atoms with Crippen molar-refractivity contribution in [1.82, 2.24) is 0 Å². The lowest BCUT2D eigenvalue weighted by Crippen LogP contribution is -2.32. The first kappa shape index (κ1) is 11.5. The fourth-order valence-electron chi connectivity index (χ4n) is 2.44. The van der Waals surface area contributed by atoms with Gasteiger partial charge in [-0.25, -0.2) is 0 Å². The first-order valence-electron chi connectivity index (χ1n) is 5.88. The van der Waals surface area contributed by atoms with Gasteiger partial charge in [0.1, 0.15) is 11.3 Å². The first-order chi connectivity index (χ1) is 8.72. The van der Waals surface area contributed by atoms with Gasteiger partial charge in [0.05, 0.1) is 12.0 Å². The van der Waals surface area contributed by atoms with Gasteiger partial charge in [-0.15, -0.1) is 0 Å². The Bertz CT molecular complexity index is 602. The molecule has 2 aromatic rings. The van der Waals surface area contributed by atoms with E-state index in [4.69, 9.17) is 14.9 Å². The lowest BCUT2D eigenvalue weighted by molar-refractivity contribution is -0.107. The SMILES string of the molecule is COC(O)C1C=Cc2c(oc3ccccc23)C1N. The molecule has 1 heterocycles. The van der Waals surface area contributed by atoms with Gasteiger partial charge in [0.25, 0.3) is 0 Å². The molecule has 4 nitrogen and oxygen atoms in total. The lowest BCUT2D eigenvalue weighted by atomic mass is 9.89. The van der Waals surface area contributed by atoms with Gasteiger partial charge in [0.2, 0.25) is 0 Å². The van der Waals surface area contributed by atoms with Crippen molar-refractivity contribution in [3.8, 4) is 0 Å². The summed E-state index contributed by atoms with van der Waals surface area (Å²) in [5.41, 5.74) is 7.96. The third-order valence-corrected chi connectivity index (χ3v) is 3.44. The number of rotatable bonds is 2. The number of aliphatic hydroxyl groups excluding tert-OH is 1. The second-order valence-corrected chi connectivity index (χ2v) is 4.46. The number of aliphatic hydroxyl groups is 1. The number of hydrogen-bond acceptors (Lipinski definition) is 4. The highest BCUT2D eigenvalue weighted by molar-refractivity contribution is 5.89. The molecule has 3 unspecified atom stereocenters. The molecule has 0 fully saturated rings. The first-order valence-corrected chi connectivity index (χ1v) is 5.88. The van der Waals surface area contributed by atoms with Crippen LogP contribution in [0.5, 0.6) is 0 Å². The van der Waals surface area contributed by atoms with Gasteiger partial charge < -0.3 is 20.0 Å². The molecular weight excluding hydrogens is 230 g/mol. The van der Waals surface area contributed by atoms with Crippen LogP contribution in [0.3, 0.4) is 0 Å². The van der Waals surface area contributed by atoms with E-state index in [-0.39, 0.29) is 5.92 Å². The molecule has 0 bridgehead atoms. The summed E-state index contributed by atoms with van der Waals surface area (Å²) >= 11 is 0. The van der Waals surface area contributed by atoms with Gasteiger partial charge in [-0.05, 0) is 6.07 Å². The molecule has 3 atom stereocenters. The van der Waals surface area contributed by atoms with E-state index >= 15 is 0 Å². The van der Waals surface area contributed by atoms with Crippen LogP contribution in [-0.2, 0) is 4.74 Å². The highest BCUT2D eigenvalue weighted by Crippen LogP contribution is 2.38. The number of fused-ring (bicyclic) bond motifs is 3. The molecule has 0 aliphatic heterocycles. The average Bonchev–Trinajstić information content (AvgIpc) is 2.78. The molecule has 0 saturated carbocycles.